The first-order valence-electron chi connectivity index (χ1n) is 6.38. The summed E-state index contributed by atoms with van der Waals surface area (Å²) in [4.78, 5) is 0. The minimum absolute atomic E-state index is 0.0287. The van der Waals surface area contributed by atoms with Gasteiger partial charge in [0.25, 0.3) is 0 Å². The Hall–Kier alpha value is -2.06. The quantitative estimate of drug-likeness (QED) is 0.870. The molecular formula is C16H14BrFN2O. The first-order chi connectivity index (χ1) is 10.1. The normalized spacial score (nSPS) is 10.0. The summed E-state index contributed by atoms with van der Waals surface area (Å²) in [6.45, 7) is 2.47. The summed E-state index contributed by atoms with van der Waals surface area (Å²) in [5.41, 5.74) is 2.73. The van der Waals surface area contributed by atoms with E-state index in [9.17, 15) is 4.39 Å². The molecule has 0 aliphatic heterocycles. The highest BCUT2D eigenvalue weighted by molar-refractivity contribution is 9.10. The number of nitriles is 1. The molecule has 2 rings (SSSR count). The van der Waals surface area contributed by atoms with E-state index >= 15 is 0 Å². The monoisotopic (exact) mass is 348 g/mol. The van der Waals surface area contributed by atoms with Crippen LogP contribution in [0.5, 0.6) is 5.75 Å². The highest BCUT2D eigenvalue weighted by atomic mass is 79.9. The third-order valence-corrected chi connectivity index (χ3v) is 3.56. The average Bonchev–Trinajstić information content (AvgIpc) is 2.48. The van der Waals surface area contributed by atoms with E-state index in [1.165, 1.54) is 6.07 Å². The van der Waals surface area contributed by atoms with Gasteiger partial charge in [0.1, 0.15) is 17.6 Å². The molecule has 21 heavy (non-hydrogen) atoms. The summed E-state index contributed by atoms with van der Waals surface area (Å²) in [5.74, 6) is 0.387. The Morgan fingerprint density at radius 2 is 2.14 bits per heavy atom. The predicted octanol–water partition coefficient (Wildman–Crippen LogP) is 4.41. The summed E-state index contributed by atoms with van der Waals surface area (Å²) in [7, 11) is 0. The van der Waals surface area contributed by atoms with Crippen molar-refractivity contribution in [2.24, 2.45) is 0 Å². The number of rotatable bonds is 5. The Balaban J connectivity index is 2.06. The molecule has 0 bridgehead atoms. The smallest absolute Gasteiger partial charge is 0.174 e. The number of nitrogens with zero attached hydrogens (tertiary/aromatic N) is 1. The SMILES string of the molecule is Cc1cc(F)c(Br)cc1NCc1cccc(OCC#N)c1. The van der Waals surface area contributed by atoms with Crippen LogP contribution in [0.4, 0.5) is 10.1 Å². The minimum atomic E-state index is -0.273. The second-order valence-corrected chi connectivity index (χ2v) is 5.38. The molecule has 0 amide bonds. The van der Waals surface area contributed by atoms with Crippen LogP contribution in [0.25, 0.3) is 0 Å². The first-order valence-corrected chi connectivity index (χ1v) is 7.17. The Kier molecular flexibility index (Phi) is 5.18. The van der Waals surface area contributed by atoms with Crippen molar-refractivity contribution < 1.29 is 9.13 Å². The lowest BCUT2D eigenvalue weighted by Crippen LogP contribution is -2.02. The zero-order valence-corrected chi connectivity index (χ0v) is 13.1. The molecule has 0 radical (unpaired) electrons. The molecule has 0 saturated heterocycles. The Morgan fingerprint density at radius 3 is 2.90 bits per heavy atom. The third kappa shape index (κ3) is 4.20. The molecule has 0 atom stereocenters. The molecule has 1 N–H and O–H groups in total. The van der Waals surface area contributed by atoms with Crippen LogP contribution in [0.1, 0.15) is 11.1 Å². The van der Waals surface area contributed by atoms with Crippen LogP contribution in [0.2, 0.25) is 0 Å². The largest absolute Gasteiger partial charge is 0.479 e. The Bertz CT molecular complexity index is 682. The van der Waals surface area contributed by atoms with E-state index < -0.39 is 0 Å². The van der Waals surface area contributed by atoms with Crippen molar-refractivity contribution in [2.45, 2.75) is 13.5 Å². The van der Waals surface area contributed by atoms with Gasteiger partial charge in [-0.3, -0.25) is 0 Å². The Labute approximate surface area is 131 Å². The first kappa shape index (κ1) is 15.3. The number of nitrogens with one attached hydrogen (secondary N) is 1. The molecule has 0 fully saturated rings. The molecule has 3 nitrogen and oxygen atoms in total. The van der Waals surface area contributed by atoms with Crippen molar-refractivity contribution in [3.8, 4) is 11.8 Å². The van der Waals surface area contributed by atoms with Crippen molar-refractivity contribution >= 4 is 21.6 Å². The lowest BCUT2D eigenvalue weighted by Gasteiger charge is -2.11. The lowest BCUT2D eigenvalue weighted by molar-refractivity contribution is 0.368. The van der Waals surface area contributed by atoms with Crippen molar-refractivity contribution in [3.05, 3.63) is 57.8 Å². The Morgan fingerprint density at radius 1 is 1.33 bits per heavy atom. The topological polar surface area (TPSA) is 45.0 Å². The van der Waals surface area contributed by atoms with Gasteiger partial charge in [-0.05, 0) is 58.2 Å². The van der Waals surface area contributed by atoms with E-state index in [-0.39, 0.29) is 12.4 Å². The number of ether oxygens (including phenoxy) is 1. The fourth-order valence-corrected chi connectivity index (χ4v) is 2.24. The standard InChI is InChI=1S/C16H14BrFN2O/c1-11-7-15(18)14(17)9-16(11)20-10-12-3-2-4-13(8-12)21-6-5-19/h2-4,7-9,20H,6,10H2,1H3. The predicted molar refractivity (Wildman–Crippen MR) is 83.7 cm³/mol. The molecule has 5 heteroatoms. The molecule has 0 aliphatic carbocycles. The average molecular weight is 349 g/mol. The van der Waals surface area contributed by atoms with E-state index in [1.807, 2.05) is 31.2 Å². The number of halogens is 2. The van der Waals surface area contributed by atoms with Crippen LogP contribution in [0.3, 0.4) is 0 Å². The summed E-state index contributed by atoms with van der Waals surface area (Å²) in [6, 6.07) is 12.7. The molecule has 0 heterocycles. The van der Waals surface area contributed by atoms with E-state index in [1.54, 1.807) is 12.1 Å². The second kappa shape index (κ2) is 7.09. The van der Waals surface area contributed by atoms with Crippen LogP contribution in [0.15, 0.2) is 40.9 Å². The summed E-state index contributed by atoms with van der Waals surface area (Å²) in [6.07, 6.45) is 0. The molecule has 0 spiro atoms. The van der Waals surface area contributed by atoms with Crippen molar-refractivity contribution in [1.82, 2.24) is 0 Å². The van der Waals surface area contributed by atoms with Crippen molar-refractivity contribution in [2.75, 3.05) is 11.9 Å². The van der Waals surface area contributed by atoms with Gasteiger partial charge in [-0.1, -0.05) is 12.1 Å². The van der Waals surface area contributed by atoms with Gasteiger partial charge >= 0.3 is 0 Å². The van der Waals surface area contributed by atoms with E-state index in [4.69, 9.17) is 10.00 Å². The molecule has 2 aromatic rings. The molecule has 0 aliphatic rings. The zero-order chi connectivity index (χ0) is 15.2. The van der Waals surface area contributed by atoms with Gasteiger partial charge in [0.05, 0.1) is 4.47 Å². The van der Waals surface area contributed by atoms with E-state index in [0.29, 0.717) is 16.8 Å². The highest BCUT2D eigenvalue weighted by Crippen LogP contribution is 2.25. The van der Waals surface area contributed by atoms with Gasteiger partial charge in [0.15, 0.2) is 6.61 Å². The zero-order valence-electron chi connectivity index (χ0n) is 11.5. The van der Waals surface area contributed by atoms with Gasteiger partial charge in [0, 0.05) is 12.2 Å². The number of benzene rings is 2. The minimum Gasteiger partial charge on any atom is -0.479 e. The van der Waals surface area contributed by atoms with Gasteiger partial charge in [-0.25, -0.2) is 4.39 Å². The van der Waals surface area contributed by atoms with Crippen molar-refractivity contribution in [1.29, 1.82) is 5.26 Å². The van der Waals surface area contributed by atoms with Gasteiger partial charge in [-0.2, -0.15) is 5.26 Å². The molecule has 0 aromatic heterocycles. The van der Waals surface area contributed by atoms with Gasteiger partial charge in [0.2, 0.25) is 0 Å². The number of hydrogen-bond donors (Lipinski definition) is 1. The third-order valence-electron chi connectivity index (χ3n) is 2.95. The summed E-state index contributed by atoms with van der Waals surface area (Å²) < 4.78 is 19.1. The molecule has 108 valence electrons. The summed E-state index contributed by atoms with van der Waals surface area (Å²) in [5, 5.41) is 11.8. The van der Waals surface area contributed by atoms with Crippen molar-refractivity contribution in [3.63, 3.8) is 0 Å². The van der Waals surface area contributed by atoms with Crippen LogP contribution >= 0.6 is 15.9 Å². The maximum atomic E-state index is 13.4. The number of aryl methyl sites for hydroxylation is 1. The van der Waals surface area contributed by atoms with Gasteiger partial charge < -0.3 is 10.1 Å². The maximum absolute atomic E-state index is 13.4. The lowest BCUT2D eigenvalue weighted by atomic mass is 10.1. The van der Waals surface area contributed by atoms with Crippen LogP contribution < -0.4 is 10.1 Å². The molecule has 0 saturated carbocycles. The highest BCUT2D eigenvalue weighted by Gasteiger charge is 2.05. The van der Waals surface area contributed by atoms with Crippen LogP contribution in [0, 0.1) is 24.1 Å². The molecule has 2 aromatic carbocycles. The van der Waals surface area contributed by atoms with E-state index in [2.05, 4.69) is 21.2 Å². The fourth-order valence-electron chi connectivity index (χ4n) is 1.89. The molecular weight excluding hydrogens is 335 g/mol. The number of anilines is 1. The summed E-state index contributed by atoms with van der Waals surface area (Å²) >= 11 is 3.18. The fraction of sp³-hybridized carbons (Fsp3) is 0.188. The van der Waals surface area contributed by atoms with Crippen LogP contribution in [-0.4, -0.2) is 6.61 Å². The maximum Gasteiger partial charge on any atom is 0.174 e. The van der Waals surface area contributed by atoms with E-state index in [0.717, 1.165) is 16.8 Å². The second-order valence-electron chi connectivity index (χ2n) is 4.53. The molecule has 0 unspecified atom stereocenters. The van der Waals surface area contributed by atoms with Gasteiger partial charge in [-0.15, -0.1) is 0 Å². The number of hydrogen-bond acceptors (Lipinski definition) is 3. The van der Waals surface area contributed by atoms with Crippen LogP contribution in [-0.2, 0) is 6.54 Å².